The van der Waals surface area contributed by atoms with Gasteiger partial charge in [-0.3, -0.25) is 9.67 Å². The first-order valence-electron chi connectivity index (χ1n) is 5.29. The van der Waals surface area contributed by atoms with Gasteiger partial charge < -0.3 is 10.1 Å². The molecule has 1 aliphatic heterocycles. The molecule has 0 spiro atoms. The molecule has 16 heavy (non-hydrogen) atoms. The fourth-order valence-electron chi connectivity index (χ4n) is 1.89. The van der Waals surface area contributed by atoms with Crippen LogP contribution in [0.4, 0.5) is 0 Å². The van der Waals surface area contributed by atoms with E-state index in [0.717, 1.165) is 31.1 Å². The maximum absolute atomic E-state index is 5.71. The highest BCUT2D eigenvalue weighted by molar-refractivity contribution is 5.28. The number of nitrogens with one attached hydrogen (secondary N) is 2. The zero-order chi connectivity index (χ0) is 10.8. The summed E-state index contributed by atoms with van der Waals surface area (Å²) in [6.45, 7) is 2.47. The number of ether oxygens (including phenoxy) is 1. The normalized spacial score (nSPS) is 21.1. The van der Waals surface area contributed by atoms with Crippen LogP contribution in [-0.2, 0) is 4.74 Å². The molecule has 2 N–H and O–H groups in total. The molecule has 2 aromatic heterocycles. The first-order valence-corrected chi connectivity index (χ1v) is 5.29. The second kappa shape index (κ2) is 4.07. The molecule has 84 valence electrons. The Balaban J connectivity index is 1.92. The Labute approximate surface area is 92.6 Å². The van der Waals surface area contributed by atoms with Crippen molar-refractivity contribution in [2.45, 2.75) is 6.10 Å². The van der Waals surface area contributed by atoms with Crippen LogP contribution in [0.5, 0.6) is 0 Å². The fourth-order valence-corrected chi connectivity index (χ4v) is 1.89. The molecule has 1 atom stereocenters. The van der Waals surface area contributed by atoms with Gasteiger partial charge in [-0.2, -0.15) is 5.10 Å². The van der Waals surface area contributed by atoms with E-state index in [0.29, 0.717) is 0 Å². The van der Waals surface area contributed by atoms with Crippen molar-refractivity contribution in [3.63, 3.8) is 0 Å². The molecule has 0 aromatic carbocycles. The van der Waals surface area contributed by atoms with Crippen LogP contribution in [0.25, 0.3) is 5.69 Å². The summed E-state index contributed by atoms with van der Waals surface area (Å²) in [7, 11) is 0. The molecular formula is C10H13N5O. The highest BCUT2D eigenvalue weighted by atomic mass is 16.5. The van der Waals surface area contributed by atoms with Crippen molar-refractivity contribution in [3.05, 3.63) is 30.6 Å². The predicted molar refractivity (Wildman–Crippen MR) is 57.3 cm³/mol. The largest absolute Gasteiger partial charge is 0.369 e. The zero-order valence-electron chi connectivity index (χ0n) is 8.76. The average molecular weight is 219 g/mol. The van der Waals surface area contributed by atoms with Gasteiger partial charge in [0.2, 0.25) is 0 Å². The number of rotatable bonds is 2. The van der Waals surface area contributed by atoms with Crippen LogP contribution < -0.4 is 5.32 Å². The maximum atomic E-state index is 5.71. The van der Waals surface area contributed by atoms with Crippen molar-refractivity contribution < 1.29 is 4.74 Å². The van der Waals surface area contributed by atoms with E-state index in [1.165, 1.54) is 0 Å². The number of imidazole rings is 1. The van der Waals surface area contributed by atoms with Gasteiger partial charge in [0.1, 0.15) is 6.10 Å². The van der Waals surface area contributed by atoms with E-state index in [-0.39, 0.29) is 6.10 Å². The molecule has 1 aliphatic rings. The van der Waals surface area contributed by atoms with Crippen molar-refractivity contribution >= 4 is 0 Å². The quantitative estimate of drug-likeness (QED) is 0.760. The van der Waals surface area contributed by atoms with E-state index in [9.17, 15) is 0 Å². The van der Waals surface area contributed by atoms with E-state index in [4.69, 9.17) is 4.74 Å². The third-order valence-corrected chi connectivity index (χ3v) is 2.69. The molecule has 6 nitrogen and oxygen atoms in total. The molecule has 6 heteroatoms. The molecule has 0 radical (unpaired) electrons. The smallest absolute Gasteiger partial charge is 0.112 e. The third-order valence-electron chi connectivity index (χ3n) is 2.69. The topological polar surface area (TPSA) is 67.8 Å². The lowest BCUT2D eigenvalue weighted by atomic mass is 10.2. The van der Waals surface area contributed by atoms with Crippen molar-refractivity contribution in [3.8, 4) is 5.69 Å². The Morgan fingerprint density at radius 2 is 2.44 bits per heavy atom. The first kappa shape index (κ1) is 9.56. The molecule has 0 aliphatic carbocycles. The molecule has 0 saturated carbocycles. The van der Waals surface area contributed by atoms with Gasteiger partial charge in [-0.1, -0.05) is 0 Å². The number of H-pyrrole nitrogens is 1. The van der Waals surface area contributed by atoms with Crippen molar-refractivity contribution in [2.24, 2.45) is 0 Å². The Morgan fingerprint density at radius 3 is 3.19 bits per heavy atom. The lowest BCUT2D eigenvalue weighted by Gasteiger charge is -2.24. The maximum Gasteiger partial charge on any atom is 0.112 e. The van der Waals surface area contributed by atoms with Gasteiger partial charge in [0.05, 0.1) is 36.7 Å². The van der Waals surface area contributed by atoms with Gasteiger partial charge in [0.25, 0.3) is 0 Å². The molecule has 2 aromatic rings. The Morgan fingerprint density at radius 1 is 1.44 bits per heavy atom. The highest BCUT2D eigenvalue weighted by Crippen LogP contribution is 2.20. The summed E-state index contributed by atoms with van der Waals surface area (Å²) in [5.74, 6) is 0. The predicted octanol–water partition coefficient (Wildman–Crippen LogP) is 0.256. The monoisotopic (exact) mass is 219 g/mol. The van der Waals surface area contributed by atoms with E-state index >= 15 is 0 Å². The van der Waals surface area contributed by atoms with Crippen LogP contribution in [0, 0.1) is 0 Å². The van der Waals surface area contributed by atoms with Gasteiger partial charge in [-0.05, 0) is 0 Å². The van der Waals surface area contributed by atoms with Crippen molar-refractivity contribution in [1.82, 2.24) is 25.1 Å². The summed E-state index contributed by atoms with van der Waals surface area (Å²) in [5.41, 5.74) is 2.02. The van der Waals surface area contributed by atoms with Crippen LogP contribution in [0.2, 0.25) is 0 Å². The minimum Gasteiger partial charge on any atom is -0.369 e. The summed E-state index contributed by atoms with van der Waals surface area (Å²) >= 11 is 0. The molecule has 3 heterocycles. The van der Waals surface area contributed by atoms with E-state index in [2.05, 4.69) is 20.5 Å². The standard InChI is InChI=1S/C10H13N5O/c1-2-16-10(6-11-1)9-5-12-7-15(9)8-3-13-14-4-8/h3-5,7,10-11H,1-2,6H2,(H,13,14). The first-order chi connectivity index (χ1) is 7.95. The van der Waals surface area contributed by atoms with Crippen LogP contribution in [0.1, 0.15) is 11.8 Å². The summed E-state index contributed by atoms with van der Waals surface area (Å²) in [6.07, 6.45) is 7.28. The molecule has 1 fully saturated rings. The lowest BCUT2D eigenvalue weighted by Crippen LogP contribution is -2.34. The average Bonchev–Trinajstić information content (AvgIpc) is 3.01. The van der Waals surface area contributed by atoms with Gasteiger partial charge in [-0.25, -0.2) is 4.98 Å². The fraction of sp³-hybridized carbons (Fsp3) is 0.400. The van der Waals surface area contributed by atoms with Crippen molar-refractivity contribution in [2.75, 3.05) is 19.7 Å². The van der Waals surface area contributed by atoms with Crippen LogP contribution in [-0.4, -0.2) is 39.4 Å². The van der Waals surface area contributed by atoms with Crippen molar-refractivity contribution in [1.29, 1.82) is 0 Å². The molecular weight excluding hydrogens is 206 g/mol. The second-order valence-corrected chi connectivity index (χ2v) is 3.71. The van der Waals surface area contributed by atoms with E-state index in [1.807, 2.05) is 17.0 Å². The second-order valence-electron chi connectivity index (χ2n) is 3.71. The lowest BCUT2D eigenvalue weighted by molar-refractivity contribution is 0.0240. The number of aromatic amines is 1. The molecule has 3 rings (SSSR count). The van der Waals surface area contributed by atoms with Gasteiger partial charge >= 0.3 is 0 Å². The Kier molecular flexibility index (Phi) is 2.43. The zero-order valence-corrected chi connectivity index (χ0v) is 8.76. The van der Waals surface area contributed by atoms with Gasteiger partial charge in [0, 0.05) is 19.3 Å². The van der Waals surface area contributed by atoms with Crippen LogP contribution in [0.3, 0.4) is 0 Å². The highest BCUT2D eigenvalue weighted by Gasteiger charge is 2.20. The van der Waals surface area contributed by atoms with Gasteiger partial charge in [0.15, 0.2) is 0 Å². The van der Waals surface area contributed by atoms with Gasteiger partial charge in [-0.15, -0.1) is 0 Å². The molecule has 0 bridgehead atoms. The van der Waals surface area contributed by atoms with Crippen LogP contribution in [0.15, 0.2) is 24.9 Å². The van der Waals surface area contributed by atoms with Crippen LogP contribution >= 0.6 is 0 Å². The summed E-state index contributed by atoms with van der Waals surface area (Å²) in [6, 6.07) is 0. The number of nitrogens with zero attached hydrogens (tertiary/aromatic N) is 3. The number of hydrogen-bond donors (Lipinski definition) is 2. The summed E-state index contributed by atoms with van der Waals surface area (Å²) in [5, 5.41) is 10.0. The minimum atomic E-state index is 0.0612. The molecule has 0 amide bonds. The SMILES string of the molecule is c1n[nH]cc1-n1cncc1C1CNCCO1. The summed E-state index contributed by atoms with van der Waals surface area (Å²) < 4.78 is 7.69. The number of hydrogen-bond acceptors (Lipinski definition) is 4. The molecule has 1 unspecified atom stereocenters. The molecule has 1 saturated heterocycles. The minimum absolute atomic E-state index is 0.0612. The third kappa shape index (κ3) is 1.62. The Hall–Kier alpha value is -1.66. The Bertz CT molecular complexity index is 443. The van der Waals surface area contributed by atoms with E-state index in [1.54, 1.807) is 12.5 Å². The van der Waals surface area contributed by atoms with E-state index < -0.39 is 0 Å². The number of aromatic nitrogens is 4. The number of morpholine rings is 1. The summed E-state index contributed by atoms with van der Waals surface area (Å²) in [4.78, 5) is 4.17.